The van der Waals surface area contributed by atoms with Crippen LogP contribution in [0.1, 0.15) is 34.5 Å². The molecule has 6 heteroatoms. The summed E-state index contributed by atoms with van der Waals surface area (Å²) >= 11 is 0. The van der Waals surface area contributed by atoms with E-state index < -0.39 is 0 Å². The molecule has 150 valence electrons. The van der Waals surface area contributed by atoms with Gasteiger partial charge in [0.2, 0.25) is 5.91 Å². The SMILES string of the molecule is CC(=O)N1C[C@H]2CN(C(=O)c3ccc4c(c3)CCO4)C[C@H]2[C@H]1c1cccc(F)c1. The van der Waals surface area contributed by atoms with Crippen molar-refractivity contribution >= 4 is 11.8 Å². The van der Waals surface area contributed by atoms with Crippen molar-refractivity contribution in [1.82, 2.24) is 9.80 Å². The van der Waals surface area contributed by atoms with Crippen LogP contribution in [-0.4, -0.2) is 47.9 Å². The van der Waals surface area contributed by atoms with E-state index in [0.717, 1.165) is 23.3 Å². The summed E-state index contributed by atoms with van der Waals surface area (Å²) < 4.78 is 19.4. The summed E-state index contributed by atoms with van der Waals surface area (Å²) in [6.07, 6.45) is 0.830. The highest BCUT2D eigenvalue weighted by molar-refractivity contribution is 5.95. The Balaban J connectivity index is 1.40. The summed E-state index contributed by atoms with van der Waals surface area (Å²) in [6.45, 7) is 4.01. The van der Waals surface area contributed by atoms with Crippen LogP contribution in [0.15, 0.2) is 42.5 Å². The highest BCUT2D eigenvalue weighted by Gasteiger charge is 2.49. The molecule has 0 radical (unpaired) electrons. The summed E-state index contributed by atoms with van der Waals surface area (Å²) in [5.74, 6) is 0.881. The lowest BCUT2D eigenvalue weighted by Crippen LogP contribution is -2.36. The number of benzene rings is 2. The Hall–Kier alpha value is -2.89. The zero-order valence-electron chi connectivity index (χ0n) is 16.3. The summed E-state index contributed by atoms with van der Waals surface area (Å²) in [5, 5.41) is 0. The van der Waals surface area contributed by atoms with Crippen LogP contribution in [0.5, 0.6) is 5.75 Å². The lowest BCUT2D eigenvalue weighted by atomic mass is 9.89. The van der Waals surface area contributed by atoms with E-state index in [1.807, 2.05) is 34.1 Å². The Morgan fingerprint density at radius 3 is 2.76 bits per heavy atom. The summed E-state index contributed by atoms with van der Waals surface area (Å²) in [5.41, 5.74) is 2.56. The van der Waals surface area contributed by atoms with Crippen LogP contribution < -0.4 is 4.74 Å². The van der Waals surface area contributed by atoms with Crippen molar-refractivity contribution in [2.24, 2.45) is 11.8 Å². The fourth-order valence-electron chi connectivity index (χ4n) is 5.15. The highest BCUT2D eigenvalue weighted by Crippen LogP contribution is 2.45. The third kappa shape index (κ3) is 3.07. The van der Waals surface area contributed by atoms with E-state index in [0.29, 0.717) is 31.8 Å². The maximum Gasteiger partial charge on any atom is 0.253 e. The minimum atomic E-state index is -0.305. The van der Waals surface area contributed by atoms with Gasteiger partial charge in [0.25, 0.3) is 5.91 Å². The zero-order chi connectivity index (χ0) is 20.1. The van der Waals surface area contributed by atoms with Gasteiger partial charge in [-0.3, -0.25) is 9.59 Å². The Bertz CT molecular complexity index is 992. The second-order valence-electron chi connectivity index (χ2n) is 8.23. The van der Waals surface area contributed by atoms with Gasteiger partial charge in [0, 0.05) is 50.4 Å². The van der Waals surface area contributed by atoms with Gasteiger partial charge < -0.3 is 14.5 Å². The number of fused-ring (bicyclic) bond motifs is 2. The first-order valence-corrected chi connectivity index (χ1v) is 10.1. The standard InChI is InChI=1S/C23H23FN2O3/c1-14(27)26-12-18-11-25(13-20(18)22(26)16-3-2-4-19(24)10-16)23(28)17-5-6-21-15(9-17)7-8-29-21/h2-6,9-10,18,20,22H,7-8,11-13H2,1H3/t18-,20-,22-/m1/s1. The predicted octanol–water partition coefficient (Wildman–Crippen LogP) is 3.05. The molecule has 3 aliphatic heterocycles. The fourth-order valence-corrected chi connectivity index (χ4v) is 5.15. The average Bonchev–Trinajstić information content (AvgIpc) is 3.40. The summed E-state index contributed by atoms with van der Waals surface area (Å²) in [4.78, 5) is 29.1. The van der Waals surface area contributed by atoms with Gasteiger partial charge in [0.1, 0.15) is 11.6 Å². The van der Waals surface area contributed by atoms with Crippen molar-refractivity contribution in [3.8, 4) is 5.75 Å². The second-order valence-corrected chi connectivity index (χ2v) is 8.23. The molecule has 0 aromatic heterocycles. The molecule has 3 heterocycles. The maximum atomic E-state index is 13.8. The third-order valence-corrected chi connectivity index (χ3v) is 6.48. The molecule has 3 aliphatic rings. The number of ether oxygens (including phenoxy) is 1. The number of carbonyl (C=O) groups excluding carboxylic acids is 2. The van der Waals surface area contributed by atoms with Crippen molar-refractivity contribution in [1.29, 1.82) is 0 Å². The van der Waals surface area contributed by atoms with Gasteiger partial charge in [0.15, 0.2) is 0 Å². The molecule has 5 nitrogen and oxygen atoms in total. The largest absolute Gasteiger partial charge is 0.493 e. The van der Waals surface area contributed by atoms with Gasteiger partial charge in [-0.2, -0.15) is 0 Å². The van der Waals surface area contributed by atoms with Crippen LogP contribution in [0.25, 0.3) is 0 Å². The molecule has 0 aliphatic carbocycles. The predicted molar refractivity (Wildman–Crippen MR) is 105 cm³/mol. The summed E-state index contributed by atoms with van der Waals surface area (Å²) in [7, 11) is 0. The summed E-state index contributed by atoms with van der Waals surface area (Å²) in [6, 6.07) is 11.9. The maximum absolute atomic E-state index is 13.8. The quantitative estimate of drug-likeness (QED) is 0.787. The van der Waals surface area contributed by atoms with Gasteiger partial charge in [-0.15, -0.1) is 0 Å². The molecule has 0 saturated carbocycles. The molecule has 0 spiro atoms. The molecule has 3 atom stereocenters. The molecule has 29 heavy (non-hydrogen) atoms. The van der Waals surface area contributed by atoms with E-state index in [1.165, 1.54) is 12.1 Å². The van der Waals surface area contributed by atoms with Gasteiger partial charge in [-0.25, -0.2) is 4.39 Å². The van der Waals surface area contributed by atoms with Crippen molar-refractivity contribution in [3.05, 3.63) is 65.0 Å². The molecule has 0 bridgehead atoms. The lowest BCUT2D eigenvalue weighted by Gasteiger charge is -2.29. The Morgan fingerprint density at radius 1 is 1.10 bits per heavy atom. The number of likely N-dealkylation sites (tertiary alicyclic amines) is 2. The van der Waals surface area contributed by atoms with Gasteiger partial charge in [0.05, 0.1) is 12.6 Å². The minimum Gasteiger partial charge on any atom is -0.493 e. The van der Waals surface area contributed by atoms with Crippen molar-refractivity contribution in [3.63, 3.8) is 0 Å². The molecular formula is C23H23FN2O3. The average molecular weight is 394 g/mol. The molecule has 2 fully saturated rings. The first-order valence-electron chi connectivity index (χ1n) is 10.1. The smallest absolute Gasteiger partial charge is 0.253 e. The highest BCUT2D eigenvalue weighted by atomic mass is 19.1. The monoisotopic (exact) mass is 394 g/mol. The number of rotatable bonds is 2. The van der Waals surface area contributed by atoms with E-state index in [2.05, 4.69) is 0 Å². The molecule has 5 rings (SSSR count). The molecule has 2 aromatic carbocycles. The van der Waals surface area contributed by atoms with Gasteiger partial charge in [-0.1, -0.05) is 12.1 Å². The van der Waals surface area contributed by atoms with E-state index in [1.54, 1.807) is 13.0 Å². The van der Waals surface area contributed by atoms with Gasteiger partial charge in [-0.05, 0) is 41.5 Å². The van der Waals surface area contributed by atoms with Crippen LogP contribution >= 0.6 is 0 Å². The van der Waals surface area contributed by atoms with Crippen LogP contribution in [-0.2, 0) is 11.2 Å². The van der Waals surface area contributed by atoms with Crippen LogP contribution in [0.2, 0.25) is 0 Å². The second kappa shape index (κ2) is 6.87. The molecule has 0 N–H and O–H groups in total. The number of carbonyl (C=O) groups is 2. The number of halogens is 1. The van der Waals surface area contributed by atoms with E-state index in [9.17, 15) is 14.0 Å². The van der Waals surface area contributed by atoms with Crippen molar-refractivity contribution in [2.75, 3.05) is 26.2 Å². The number of nitrogens with zero attached hydrogens (tertiary/aromatic N) is 2. The van der Waals surface area contributed by atoms with E-state index in [-0.39, 0.29) is 35.5 Å². The first kappa shape index (κ1) is 18.2. The topological polar surface area (TPSA) is 49.9 Å². The molecular weight excluding hydrogens is 371 g/mol. The van der Waals surface area contributed by atoms with Crippen LogP contribution in [0, 0.1) is 17.7 Å². The lowest BCUT2D eigenvalue weighted by molar-refractivity contribution is -0.130. The van der Waals surface area contributed by atoms with Crippen LogP contribution in [0.4, 0.5) is 4.39 Å². The van der Waals surface area contributed by atoms with E-state index >= 15 is 0 Å². The van der Waals surface area contributed by atoms with E-state index in [4.69, 9.17) is 4.74 Å². The number of hydrogen-bond donors (Lipinski definition) is 0. The Labute approximate surface area is 169 Å². The fraction of sp³-hybridized carbons (Fsp3) is 0.391. The van der Waals surface area contributed by atoms with Gasteiger partial charge >= 0.3 is 0 Å². The molecule has 2 saturated heterocycles. The van der Waals surface area contributed by atoms with Crippen molar-refractivity contribution < 1.29 is 18.7 Å². The molecule has 2 amide bonds. The molecule has 2 aromatic rings. The third-order valence-electron chi connectivity index (χ3n) is 6.48. The minimum absolute atomic E-state index is 0.00911. The normalized spacial score (nSPS) is 25.0. The molecule has 0 unspecified atom stereocenters. The number of hydrogen-bond acceptors (Lipinski definition) is 3. The van der Waals surface area contributed by atoms with Crippen molar-refractivity contribution in [2.45, 2.75) is 19.4 Å². The number of amides is 2. The Morgan fingerprint density at radius 2 is 1.97 bits per heavy atom. The first-order chi connectivity index (χ1) is 14.0. The zero-order valence-corrected chi connectivity index (χ0v) is 16.3. The van der Waals surface area contributed by atoms with Crippen LogP contribution in [0.3, 0.4) is 0 Å². The Kier molecular flexibility index (Phi) is 4.30.